The fourth-order valence-electron chi connectivity index (χ4n) is 1.75. The number of ether oxygens (including phenoxy) is 1. The number of carbonyl (C=O) groups excluding carboxylic acids is 1. The molecule has 1 fully saturated rings. The fraction of sp³-hybridized carbons (Fsp3) is 0.900. The Balaban J connectivity index is 0.000000791. The summed E-state index contributed by atoms with van der Waals surface area (Å²) in [6.45, 7) is 4.00. The molecule has 0 atom stereocenters. The quantitative estimate of drug-likeness (QED) is 0.700. The zero-order chi connectivity index (χ0) is 11.0. The Bertz CT molecular complexity index is 168. The van der Waals surface area contributed by atoms with E-state index in [1.54, 1.807) is 7.11 Å². The first-order valence-electron chi connectivity index (χ1n) is 5.25. The first kappa shape index (κ1) is 13.8. The summed E-state index contributed by atoms with van der Waals surface area (Å²) < 4.78 is 7.63. The number of hydrogen-bond donors (Lipinski definition) is 2. The molecule has 0 radical (unpaired) electrons. The predicted molar refractivity (Wildman–Crippen MR) is 61.3 cm³/mol. The van der Waals surface area contributed by atoms with Crippen molar-refractivity contribution in [1.29, 1.82) is 0 Å². The summed E-state index contributed by atoms with van der Waals surface area (Å²) in [7, 11) is 1.59. The van der Waals surface area contributed by atoms with E-state index in [2.05, 4.69) is 17.5 Å². The molecule has 0 unspecified atom stereocenters. The zero-order valence-electron chi connectivity index (χ0n) is 9.30. The van der Waals surface area contributed by atoms with Crippen molar-refractivity contribution in [1.82, 2.24) is 4.72 Å². The molecular formula is C10H21NO2S. The Labute approximate surface area is 92.1 Å². The van der Waals surface area contributed by atoms with Gasteiger partial charge in [0.05, 0.1) is 0 Å². The molecule has 3 nitrogen and oxygen atoms in total. The molecule has 1 amide bonds. The number of methoxy groups -OCH3 is 1. The highest BCUT2D eigenvalue weighted by atomic mass is 32.1. The van der Waals surface area contributed by atoms with Crippen LogP contribution in [0.1, 0.15) is 46.0 Å². The molecule has 0 aromatic heterocycles. The maximum Gasteiger partial charge on any atom is 0.261 e. The molecule has 1 rings (SSSR count). The van der Waals surface area contributed by atoms with Crippen LogP contribution in [-0.4, -0.2) is 18.6 Å². The lowest BCUT2D eigenvalue weighted by Crippen LogP contribution is -2.47. The molecule has 1 N–H and O–H groups in total. The van der Waals surface area contributed by atoms with Gasteiger partial charge in [-0.3, -0.25) is 4.79 Å². The molecule has 0 bridgehead atoms. The molecule has 1 saturated carbocycles. The van der Waals surface area contributed by atoms with Gasteiger partial charge in [-0.1, -0.05) is 45.9 Å². The molecule has 84 valence electrons. The summed E-state index contributed by atoms with van der Waals surface area (Å²) in [5.74, 6) is -0.104. The Kier molecular flexibility index (Phi) is 7.01. The Morgan fingerprint density at radius 2 is 1.79 bits per heavy atom. The number of hydrogen-bond acceptors (Lipinski definition) is 3. The maximum atomic E-state index is 11.4. The van der Waals surface area contributed by atoms with Crippen molar-refractivity contribution in [3.05, 3.63) is 0 Å². The van der Waals surface area contributed by atoms with E-state index in [1.807, 2.05) is 13.8 Å². The van der Waals surface area contributed by atoms with Crippen LogP contribution in [0.15, 0.2) is 0 Å². The Hall–Kier alpha value is -0.220. The first-order chi connectivity index (χ1) is 6.75. The van der Waals surface area contributed by atoms with Gasteiger partial charge in [0.25, 0.3) is 5.91 Å². The fourth-order valence-corrected chi connectivity index (χ4v) is 1.95. The topological polar surface area (TPSA) is 38.3 Å². The van der Waals surface area contributed by atoms with Crippen LogP contribution in [-0.2, 0) is 9.53 Å². The lowest BCUT2D eigenvalue weighted by molar-refractivity contribution is -0.145. The maximum absolute atomic E-state index is 11.4. The molecule has 1 aliphatic rings. The van der Waals surface area contributed by atoms with E-state index < -0.39 is 5.60 Å². The van der Waals surface area contributed by atoms with E-state index in [9.17, 15) is 4.79 Å². The number of thiol groups is 1. The molecule has 1 aliphatic carbocycles. The highest BCUT2D eigenvalue weighted by Crippen LogP contribution is 2.31. The van der Waals surface area contributed by atoms with Gasteiger partial charge in [0.1, 0.15) is 5.60 Å². The van der Waals surface area contributed by atoms with Gasteiger partial charge < -0.3 is 9.46 Å². The first-order valence-corrected chi connectivity index (χ1v) is 5.69. The van der Waals surface area contributed by atoms with Crippen LogP contribution in [0.5, 0.6) is 0 Å². The minimum Gasteiger partial charge on any atom is -0.368 e. The molecule has 14 heavy (non-hydrogen) atoms. The predicted octanol–water partition coefficient (Wildman–Crippen LogP) is 2.32. The van der Waals surface area contributed by atoms with E-state index in [0.717, 1.165) is 25.7 Å². The monoisotopic (exact) mass is 219 g/mol. The second kappa shape index (κ2) is 7.12. The summed E-state index contributed by atoms with van der Waals surface area (Å²) >= 11 is 3.75. The van der Waals surface area contributed by atoms with Crippen LogP contribution in [0.2, 0.25) is 0 Å². The standard InChI is InChI=1S/C8H15NO2S.C2H6/c1-11-8(7(10)9-12)5-3-2-4-6-8;1-2/h12H,2-6H2,1H3,(H,9,10);1-2H3. The molecule has 0 spiro atoms. The minimum atomic E-state index is -0.597. The summed E-state index contributed by atoms with van der Waals surface area (Å²) in [4.78, 5) is 11.4. The van der Waals surface area contributed by atoms with Crippen molar-refractivity contribution in [2.45, 2.75) is 51.6 Å². The van der Waals surface area contributed by atoms with Gasteiger partial charge in [0.2, 0.25) is 0 Å². The minimum absolute atomic E-state index is 0.104. The smallest absolute Gasteiger partial charge is 0.261 e. The van der Waals surface area contributed by atoms with Crippen LogP contribution in [0.25, 0.3) is 0 Å². The molecule has 0 heterocycles. The van der Waals surface area contributed by atoms with Crippen molar-refractivity contribution in [3.8, 4) is 0 Å². The SMILES string of the molecule is CC.COC1(C(=O)NS)CCCCC1. The largest absolute Gasteiger partial charge is 0.368 e. The van der Waals surface area contributed by atoms with Gasteiger partial charge in [0, 0.05) is 7.11 Å². The molecular weight excluding hydrogens is 198 g/mol. The summed E-state index contributed by atoms with van der Waals surface area (Å²) in [6, 6.07) is 0. The number of amides is 1. The summed E-state index contributed by atoms with van der Waals surface area (Å²) in [5.41, 5.74) is -0.597. The average Bonchev–Trinajstić information content (AvgIpc) is 2.31. The van der Waals surface area contributed by atoms with Gasteiger partial charge >= 0.3 is 0 Å². The van der Waals surface area contributed by atoms with Crippen molar-refractivity contribution in [3.63, 3.8) is 0 Å². The van der Waals surface area contributed by atoms with Crippen molar-refractivity contribution in [2.75, 3.05) is 7.11 Å². The second-order valence-corrected chi connectivity index (χ2v) is 3.42. The van der Waals surface area contributed by atoms with Crippen molar-refractivity contribution < 1.29 is 9.53 Å². The third-order valence-electron chi connectivity index (χ3n) is 2.57. The summed E-state index contributed by atoms with van der Waals surface area (Å²) in [6.07, 6.45) is 4.96. The second-order valence-electron chi connectivity index (χ2n) is 3.20. The van der Waals surface area contributed by atoms with Crippen LogP contribution in [0.4, 0.5) is 0 Å². The van der Waals surface area contributed by atoms with E-state index >= 15 is 0 Å². The zero-order valence-corrected chi connectivity index (χ0v) is 10.2. The molecule has 0 aromatic rings. The van der Waals surface area contributed by atoms with Crippen LogP contribution < -0.4 is 4.72 Å². The highest BCUT2D eigenvalue weighted by Gasteiger charge is 2.38. The Morgan fingerprint density at radius 1 is 1.29 bits per heavy atom. The Morgan fingerprint density at radius 3 is 2.14 bits per heavy atom. The van der Waals surface area contributed by atoms with Gasteiger partial charge in [-0.15, -0.1) is 0 Å². The number of carbonyl (C=O) groups is 1. The van der Waals surface area contributed by atoms with Gasteiger partial charge in [-0.2, -0.15) is 0 Å². The molecule has 4 heteroatoms. The van der Waals surface area contributed by atoms with Crippen molar-refractivity contribution >= 4 is 18.7 Å². The number of nitrogens with one attached hydrogen (secondary N) is 1. The molecule has 0 aliphatic heterocycles. The van der Waals surface area contributed by atoms with Crippen LogP contribution >= 0.6 is 12.8 Å². The van der Waals surface area contributed by atoms with Crippen molar-refractivity contribution in [2.24, 2.45) is 0 Å². The van der Waals surface area contributed by atoms with Gasteiger partial charge in [0.15, 0.2) is 0 Å². The summed E-state index contributed by atoms with van der Waals surface area (Å²) in [5, 5.41) is 0. The lowest BCUT2D eigenvalue weighted by Gasteiger charge is -2.33. The molecule has 0 saturated heterocycles. The number of rotatable bonds is 2. The molecule has 0 aromatic carbocycles. The average molecular weight is 219 g/mol. The van der Waals surface area contributed by atoms with Gasteiger partial charge in [-0.05, 0) is 12.8 Å². The van der Waals surface area contributed by atoms with Crippen LogP contribution in [0, 0.1) is 0 Å². The third-order valence-corrected chi connectivity index (χ3v) is 2.77. The third kappa shape index (κ3) is 3.17. The van der Waals surface area contributed by atoms with E-state index in [-0.39, 0.29) is 5.91 Å². The van der Waals surface area contributed by atoms with Gasteiger partial charge in [-0.25, -0.2) is 0 Å². The highest BCUT2D eigenvalue weighted by molar-refractivity contribution is 7.78. The van der Waals surface area contributed by atoms with E-state index in [0.29, 0.717) is 0 Å². The van der Waals surface area contributed by atoms with E-state index in [4.69, 9.17) is 4.74 Å². The van der Waals surface area contributed by atoms with E-state index in [1.165, 1.54) is 6.42 Å². The lowest BCUT2D eigenvalue weighted by atomic mass is 9.84. The van der Waals surface area contributed by atoms with Crippen LogP contribution in [0.3, 0.4) is 0 Å². The normalized spacial score (nSPS) is 19.1.